The maximum absolute atomic E-state index is 8.67. The summed E-state index contributed by atoms with van der Waals surface area (Å²) in [6, 6.07) is 0. The van der Waals surface area contributed by atoms with E-state index in [-0.39, 0.29) is 6.61 Å². The van der Waals surface area contributed by atoms with E-state index < -0.39 is 0 Å². The molecule has 0 aliphatic carbocycles. The van der Waals surface area contributed by atoms with E-state index in [0.29, 0.717) is 0 Å². The van der Waals surface area contributed by atoms with E-state index in [2.05, 4.69) is 15.0 Å². The zero-order valence-electron chi connectivity index (χ0n) is 7.09. The van der Waals surface area contributed by atoms with Gasteiger partial charge in [0.05, 0.1) is 12.5 Å². The Morgan fingerprint density at radius 2 is 2.31 bits per heavy atom. The molecule has 0 aliphatic rings. The van der Waals surface area contributed by atoms with Crippen molar-refractivity contribution in [2.24, 2.45) is 0 Å². The maximum Gasteiger partial charge on any atom is 0.163 e. The Morgan fingerprint density at radius 3 is 3.15 bits per heavy atom. The number of aliphatic hydroxyl groups is 1. The van der Waals surface area contributed by atoms with Crippen LogP contribution in [0, 0.1) is 0 Å². The lowest BCUT2D eigenvalue weighted by Crippen LogP contribution is -1.99. The highest BCUT2D eigenvalue weighted by molar-refractivity contribution is 5.68. The van der Waals surface area contributed by atoms with Crippen LogP contribution in [-0.2, 0) is 6.54 Å². The van der Waals surface area contributed by atoms with Crippen LogP contribution in [0.15, 0.2) is 18.9 Å². The number of hydrogen-bond donors (Lipinski definition) is 1. The number of fused-ring (bicyclic) bond motifs is 1. The Morgan fingerprint density at radius 1 is 1.38 bits per heavy atom. The molecule has 68 valence electrons. The van der Waals surface area contributed by atoms with Crippen LogP contribution in [0.4, 0.5) is 0 Å². The Kier molecular flexibility index (Phi) is 2.18. The average molecular weight is 178 g/mol. The molecule has 0 unspecified atom stereocenters. The fraction of sp³-hybridized carbons (Fsp3) is 0.375. The Balaban J connectivity index is 2.35. The second-order valence-electron chi connectivity index (χ2n) is 2.75. The normalized spacial score (nSPS) is 10.8. The van der Waals surface area contributed by atoms with Crippen molar-refractivity contribution in [1.82, 2.24) is 19.5 Å². The average Bonchev–Trinajstić information content (AvgIpc) is 2.58. The SMILES string of the molecule is OCCCn1cnc2cncnc21. The molecule has 0 aromatic carbocycles. The third-order valence-corrected chi connectivity index (χ3v) is 1.84. The molecular weight excluding hydrogens is 168 g/mol. The van der Waals surface area contributed by atoms with Crippen LogP contribution in [0.25, 0.3) is 11.2 Å². The van der Waals surface area contributed by atoms with Crippen LogP contribution in [-0.4, -0.2) is 31.2 Å². The van der Waals surface area contributed by atoms with E-state index >= 15 is 0 Å². The number of nitrogens with zero attached hydrogens (tertiary/aromatic N) is 4. The molecule has 0 saturated carbocycles. The summed E-state index contributed by atoms with van der Waals surface area (Å²) < 4.78 is 1.91. The predicted octanol–water partition coefficient (Wildman–Crippen LogP) is 0.209. The molecule has 1 N–H and O–H groups in total. The molecule has 2 heterocycles. The first-order chi connectivity index (χ1) is 6.42. The van der Waals surface area contributed by atoms with Gasteiger partial charge in [-0.1, -0.05) is 0 Å². The molecule has 0 bridgehead atoms. The van der Waals surface area contributed by atoms with Gasteiger partial charge in [0.1, 0.15) is 11.8 Å². The van der Waals surface area contributed by atoms with Crippen LogP contribution in [0.5, 0.6) is 0 Å². The highest BCUT2D eigenvalue weighted by Crippen LogP contribution is 2.07. The minimum atomic E-state index is 0.185. The molecule has 0 saturated heterocycles. The molecule has 5 nitrogen and oxygen atoms in total. The van der Waals surface area contributed by atoms with Gasteiger partial charge in [0, 0.05) is 13.2 Å². The molecule has 5 heteroatoms. The van der Waals surface area contributed by atoms with Gasteiger partial charge in [-0.25, -0.2) is 15.0 Å². The Hall–Kier alpha value is -1.49. The fourth-order valence-corrected chi connectivity index (χ4v) is 1.22. The third-order valence-electron chi connectivity index (χ3n) is 1.84. The Bertz CT molecular complexity index is 398. The largest absolute Gasteiger partial charge is 0.396 e. The number of hydrogen-bond acceptors (Lipinski definition) is 4. The van der Waals surface area contributed by atoms with Gasteiger partial charge in [-0.05, 0) is 6.42 Å². The summed E-state index contributed by atoms with van der Waals surface area (Å²) in [4.78, 5) is 12.1. The van der Waals surface area contributed by atoms with E-state index in [4.69, 9.17) is 5.11 Å². The zero-order valence-corrected chi connectivity index (χ0v) is 7.09. The van der Waals surface area contributed by atoms with Crippen molar-refractivity contribution in [2.75, 3.05) is 6.61 Å². The molecule has 13 heavy (non-hydrogen) atoms. The second-order valence-corrected chi connectivity index (χ2v) is 2.75. The monoisotopic (exact) mass is 178 g/mol. The molecule has 0 fully saturated rings. The van der Waals surface area contributed by atoms with Crippen molar-refractivity contribution in [2.45, 2.75) is 13.0 Å². The lowest BCUT2D eigenvalue weighted by molar-refractivity contribution is 0.280. The minimum absolute atomic E-state index is 0.185. The van der Waals surface area contributed by atoms with Gasteiger partial charge in [0.25, 0.3) is 0 Å². The lowest BCUT2D eigenvalue weighted by atomic mass is 10.4. The van der Waals surface area contributed by atoms with Crippen molar-refractivity contribution in [3.8, 4) is 0 Å². The van der Waals surface area contributed by atoms with E-state index in [1.165, 1.54) is 6.33 Å². The minimum Gasteiger partial charge on any atom is -0.396 e. The second kappa shape index (κ2) is 3.49. The van der Waals surface area contributed by atoms with Crippen LogP contribution in [0.3, 0.4) is 0 Å². The highest BCUT2D eigenvalue weighted by atomic mass is 16.3. The lowest BCUT2D eigenvalue weighted by Gasteiger charge is -1.99. The summed E-state index contributed by atoms with van der Waals surface area (Å²) in [5.41, 5.74) is 1.61. The van der Waals surface area contributed by atoms with Gasteiger partial charge in [0.2, 0.25) is 0 Å². The molecule has 2 aromatic rings. The van der Waals surface area contributed by atoms with Crippen LogP contribution < -0.4 is 0 Å². The van der Waals surface area contributed by atoms with E-state index in [1.807, 2.05) is 4.57 Å². The fourth-order valence-electron chi connectivity index (χ4n) is 1.22. The van der Waals surface area contributed by atoms with Crippen molar-refractivity contribution in [3.63, 3.8) is 0 Å². The van der Waals surface area contributed by atoms with Crippen molar-refractivity contribution < 1.29 is 5.11 Å². The van der Waals surface area contributed by atoms with Gasteiger partial charge in [-0.15, -0.1) is 0 Å². The molecule has 0 atom stereocenters. The van der Waals surface area contributed by atoms with Gasteiger partial charge >= 0.3 is 0 Å². The standard InChI is InChI=1S/C8H10N4O/c13-3-1-2-12-6-11-7-4-9-5-10-8(7)12/h4-6,13H,1-3H2. The summed E-state index contributed by atoms with van der Waals surface area (Å²) >= 11 is 0. The van der Waals surface area contributed by atoms with Crippen LogP contribution in [0.1, 0.15) is 6.42 Å². The molecule has 0 radical (unpaired) electrons. The quantitative estimate of drug-likeness (QED) is 0.729. The van der Waals surface area contributed by atoms with Crippen molar-refractivity contribution >= 4 is 11.2 Å². The number of aromatic nitrogens is 4. The van der Waals surface area contributed by atoms with Gasteiger partial charge in [-0.2, -0.15) is 0 Å². The smallest absolute Gasteiger partial charge is 0.163 e. The maximum atomic E-state index is 8.67. The van der Waals surface area contributed by atoms with E-state index in [0.717, 1.165) is 24.1 Å². The van der Waals surface area contributed by atoms with Gasteiger partial charge < -0.3 is 9.67 Å². The van der Waals surface area contributed by atoms with Crippen molar-refractivity contribution in [1.29, 1.82) is 0 Å². The third kappa shape index (κ3) is 1.50. The number of aliphatic hydroxyl groups excluding tert-OH is 1. The number of aryl methyl sites for hydroxylation is 1. The van der Waals surface area contributed by atoms with Gasteiger partial charge in [0.15, 0.2) is 5.65 Å². The first-order valence-corrected chi connectivity index (χ1v) is 4.13. The summed E-state index contributed by atoms with van der Waals surface area (Å²) in [7, 11) is 0. The molecular formula is C8H10N4O. The molecule has 0 spiro atoms. The molecule has 0 aliphatic heterocycles. The van der Waals surface area contributed by atoms with Crippen LogP contribution >= 0.6 is 0 Å². The van der Waals surface area contributed by atoms with Crippen LogP contribution in [0.2, 0.25) is 0 Å². The molecule has 2 aromatic heterocycles. The zero-order chi connectivity index (χ0) is 9.10. The van der Waals surface area contributed by atoms with Crippen molar-refractivity contribution in [3.05, 3.63) is 18.9 Å². The highest BCUT2D eigenvalue weighted by Gasteiger charge is 2.01. The topological polar surface area (TPSA) is 63.8 Å². The number of imidazole rings is 1. The first kappa shape index (κ1) is 8.12. The number of rotatable bonds is 3. The molecule has 2 rings (SSSR count). The Labute approximate surface area is 75.1 Å². The summed E-state index contributed by atoms with van der Waals surface area (Å²) in [5, 5.41) is 8.67. The molecule has 0 amide bonds. The predicted molar refractivity (Wildman–Crippen MR) is 47.0 cm³/mol. The summed E-state index contributed by atoms with van der Waals surface area (Å²) in [6.07, 6.45) is 5.61. The summed E-state index contributed by atoms with van der Waals surface area (Å²) in [6.45, 7) is 0.925. The summed E-state index contributed by atoms with van der Waals surface area (Å²) in [5.74, 6) is 0. The van der Waals surface area contributed by atoms with E-state index in [9.17, 15) is 0 Å². The van der Waals surface area contributed by atoms with E-state index in [1.54, 1.807) is 12.5 Å². The van der Waals surface area contributed by atoms with Gasteiger partial charge in [-0.3, -0.25) is 0 Å². The first-order valence-electron chi connectivity index (χ1n) is 4.13.